The van der Waals surface area contributed by atoms with Gasteiger partial charge < -0.3 is 23.8 Å². The van der Waals surface area contributed by atoms with Gasteiger partial charge in [-0.15, -0.1) is 17.3 Å². The minimum atomic E-state index is -2.19. The summed E-state index contributed by atoms with van der Waals surface area (Å²) in [6, 6.07) is 7.48. The molecule has 14 heteroatoms. The van der Waals surface area contributed by atoms with Gasteiger partial charge in [0.15, 0.2) is 12.6 Å². The van der Waals surface area contributed by atoms with E-state index >= 15 is 4.39 Å². The molecule has 3 saturated heterocycles. The highest BCUT2D eigenvalue weighted by molar-refractivity contribution is 7.98. The first-order valence-electron chi connectivity index (χ1n) is 20.5. The Hall–Kier alpha value is -3.25. The third kappa shape index (κ3) is 8.02. The summed E-state index contributed by atoms with van der Waals surface area (Å²) in [6.07, 6.45) is 3.98. The van der Waals surface area contributed by atoms with Crippen molar-refractivity contribution in [1.29, 1.82) is 0 Å². The molecule has 3 aliphatic rings. The molecule has 2 atom stereocenters. The Morgan fingerprint density at radius 1 is 1.00 bits per heavy atom. The number of hydrogen-bond acceptors (Lipinski definition) is 10. The summed E-state index contributed by atoms with van der Waals surface area (Å²) in [6.45, 7) is 17.4. The van der Waals surface area contributed by atoms with Crippen molar-refractivity contribution in [2.45, 2.75) is 101 Å². The van der Waals surface area contributed by atoms with Gasteiger partial charge in [0.25, 0.3) is 0 Å². The molecule has 0 bridgehead atoms. The average molecular weight is 853 g/mol. The molecule has 2 aromatic heterocycles. The molecule has 0 aliphatic carbocycles. The zero-order valence-electron chi connectivity index (χ0n) is 35.0. The van der Waals surface area contributed by atoms with Crippen molar-refractivity contribution in [3.05, 3.63) is 40.7 Å². The maximum absolute atomic E-state index is 17.9. The molecule has 3 aliphatic heterocycles. The van der Waals surface area contributed by atoms with E-state index in [0.29, 0.717) is 99.4 Å². The molecule has 0 amide bonds. The van der Waals surface area contributed by atoms with Crippen LogP contribution in [-0.4, -0.2) is 106 Å². The van der Waals surface area contributed by atoms with Crippen molar-refractivity contribution in [2.75, 3.05) is 71.1 Å². The van der Waals surface area contributed by atoms with Crippen LogP contribution in [0.3, 0.4) is 0 Å². The molecule has 0 N–H and O–H groups in total. The van der Waals surface area contributed by atoms with Crippen molar-refractivity contribution >= 4 is 58.9 Å². The second-order valence-corrected chi connectivity index (χ2v) is 23.6. The molecule has 58 heavy (non-hydrogen) atoms. The van der Waals surface area contributed by atoms with Gasteiger partial charge in [-0.3, -0.25) is 4.90 Å². The van der Waals surface area contributed by atoms with Gasteiger partial charge in [-0.1, -0.05) is 65.1 Å². The maximum atomic E-state index is 17.9. The molecular formula is C44H56ClF2N5O4SSi. The molecule has 3 fully saturated rings. The van der Waals surface area contributed by atoms with Crippen molar-refractivity contribution in [3.63, 3.8) is 0 Å². The predicted octanol–water partition coefficient (Wildman–Crippen LogP) is 10.1. The van der Waals surface area contributed by atoms with Gasteiger partial charge in [-0.2, -0.15) is 9.97 Å². The highest BCUT2D eigenvalue weighted by atomic mass is 35.5. The average Bonchev–Trinajstić information content (AvgIpc) is 3.57. The standard InChI is InChI=1S/C44H56ClF2N5O4SSi/c1-27(2)58(28(3)4,29(5)6)20-13-33-35(45)12-11-30-21-32(56-26-53-7)22-34(36(30)33)39-38(47)40-37(42(48-39)57-8)41(51-15-10-18-54-19-17-51)50-43(49-40)55-25-44-14-9-16-52(44)24-31(46)23-44/h11-12,21-22,27-29,31H,9-10,14-19,23-26H2,1-8H3/t31-,44+/m1/s1. The van der Waals surface area contributed by atoms with E-state index in [4.69, 9.17) is 45.5 Å². The molecule has 312 valence electrons. The first-order chi connectivity index (χ1) is 27.8. The number of anilines is 1. The van der Waals surface area contributed by atoms with E-state index < -0.39 is 25.6 Å². The van der Waals surface area contributed by atoms with Crippen LogP contribution in [0.1, 0.15) is 72.8 Å². The first kappa shape index (κ1) is 42.9. The summed E-state index contributed by atoms with van der Waals surface area (Å²) in [5.74, 6) is 3.99. The summed E-state index contributed by atoms with van der Waals surface area (Å²) in [4.78, 5) is 19.2. The molecule has 2 aromatic carbocycles. The van der Waals surface area contributed by atoms with Gasteiger partial charge in [0.2, 0.25) is 0 Å². The van der Waals surface area contributed by atoms with Crippen LogP contribution in [0.25, 0.3) is 32.9 Å². The fraction of sp³-hybridized carbons (Fsp3) is 0.568. The largest absolute Gasteiger partial charge is 0.468 e. The van der Waals surface area contributed by atoms with E-state index in [1.807, 2.05) is 24.5 Å². The van der Waals surface area contributed by atoms with Crippen LogP contribution in [0, 0.1) is 17.3 Å². The monoisotopic (exact) mass is 851 g/mol. The van der Waals surface area contributed by atoms with Crippen LogP contribution in [0.2, 0.25) is 21.6 Å². The summed E-state index contributed by atoms with van der Waals surface area (Å²) in [7, 11) is -0.639. The third-order valence-electron chi connectivity index (χ3n) is 12.6. The number of methoxy groups -OCH3 is 1. The Morgan fingerprint density at radius 2 is 1.78 bits per heavy atom. The molecule has 0 saturated carbocycles. The molecule has 5 heterocycles. The highest BCUT2D eigenvalue weighted by Crippen LogP contribution is 2.45. The number of pyridine rings is 1. The van der Waals surface area contributed by atoms with Crippen LogP contribution in [0.4, 0.5) is 14.6 Å². The Labute approximate surface area is 351 Å². The summed E-state index contributed by atoms with van der Waals surface area (Å²) in [5, 5.41) is 2.99. The second kappa shape index (κ2) is 17.8. The van der Waals surface area contributed by atoms with Crippen LogP contribution >= 0.6 is 23.4 Å². The lowest BCUT2D eigenvalue weighted by atomic mass is 9.95. The number of rotatable bonds is 12. The lowest BCUT2D eigenvalue weighted by molar-refractivity contribution is 0.0512. The van der Waals surface area contributed by atoms with Crippen molar-refractivity contribution in [3.8, 4) is 34.5 Å². The molecule has 0 radical (unpaired) electrons. The zero-order chi connectivity index (χ0) is 41.4. The first-order valence-corrected chi connectivity index (χ1v) is 24.4. The van der Waals surface area contributed by atoms with Gasteiger partial charge >= 0.3 is 6.01 Å². The van der Waals surface area contributed by atoms with Gasteiger partial charge in [0, 0.05) is 50.7 Å². The zero-order valence-corrected chi connectivity index (χ0v) is 37.6. The number of fused-ring (bicyclic) bond motifs is 3. The number of benzene rings is 2. The maximum Gasteiger partial charge on any atom is 0.319 e. The van der Waals surface area contributed by atoms with Crippen molar-refractivity contribution in [2.24, 2.45) is 0 Å². The molecule has 4 aromatic rings. The smallest absolute Gasteiger partial charge is 0.319 e. The van der Waals surface area contributed by atoms with Gasteiger partial charge in [-0.25, -0.2) is 13.8 Å². The van der Waals surface area contributed by atoms with Crippen LogP contribution in [-0.2, 0) is 9.47 Å². The number of ether oxygens (including phenoxy) is 4. The Bertz CT molecular complexity index is 2190. The van der Waals surface area contributed by atoms with E-state index in [2.05, 4.69) is 62.8 Å². The molecule has 0 unspecified atom stereocenters. The topological polar surface area (TPSA) is 82.1 Å². The van der Waals surface area contributed by atoms with E-state index in [0.717, 1.165) is 31.2 Å². The lowest BCUT2D eigenvalue weighted by Gasteiger charge is -2.38. The number of nitrogens with zero attached hydrogens (tertiary/aromatic N) is 5. The van der Waals surface area contributed by atoms with Crippen molar-refractivity contribution < 1.29 is 27.7 Å². The Morgan fingerprint density at radius 3 is 2.50 bits per heavy atom. The van der Waals surface area contributed by atoms with E-state index in [9.17, 15) is 4.39 Å². The quantitative estimate of drug-likeness (QED) is 0.0595. The number of thioether (sulfide) groups is 1. The minimum Gasteiger partial charge on any atom is -0.468 e. The fourth-order valence-electron chi connectivity index (χ4n) is 9.86. The minimum absolute atomic E-state index is 0.000910. The van der Waals surface area contributed by atoms with E-state index in [1.165, 1.54) is 11.8 Å². The van der Waals surface area contributed by atoms with Gasteiger partial charge in [-0.05, 0) is 72.3 Å². The number of alkyl halides is 1. The second-order valence-electron chi connectivity index (χ2n) is 16.8. The fourth-order valence-corrected chi connectivity index (χ4v) is 15.9. The van der Waals surface area contributed by atoms with Crippen LogP contribution in [0.15, 0.2) is 29.3 Å². The normalized spacial score (nSPS) is 20.3. The number of hydrogen-bond donors (Lipinski definition) is 0. The summed E-state index contributed by atoms with van der Waals surface area (Å²) >= 11 is 8.49. The van der Waals surface area contributed by atoms with Gasteiger partial charge in [0.1, 0.15) is 48.7 Å². The van der Waals surface area contributed by atoms with E-state index in [1.54, 1.807) is 13.2 Å². The third-order valence-corrected chi connectivity index (χ3v) is 19.9. The number of aromatic nitrogens is 3. The molecular weight excluding hydrogens is 796 g/mol. The van der Waals surface area contributed by atoms with E-state index in [-0.39, 0.29) is 30.6 Å². The molecule has 7 rings (SSSR count). The van der Waals surface area contributed by atoms with Crippen molar-refractivity contribution in [1.82, 2.24) is 19.9 Å². The van der Waals surface area contributed by atoms with Crippen LogP contribution < -0.4 is 14.4 Å². The predicted molar refractivity (Wildman–Crippen MR) is 234 cm³/mol. The summed E-state index contributed by atoms with van der Waals surface area (Å²) in [5.41, 5.74) is 5.88. The Kier molecular flexibility index (Phi) is 13.1. The Balaban J connectivity index is 1.47. The lowest BCUT2D eigenvalue weighted by Crippen LogP contribution is -2.43. The van der Waals surface area contributed by atoms with Gasteiger partial charge in [0.05, 0.1) is 28.1 Å². The summed E-state index contributed by atoms with van der Waals surface area (Å²) < 4.78 is 56.1. The molecule has 0 spiro atoms. The number of halogens is 3. The highest BCUT2D eigenvalue weighted by Gasteiger charge is 2.49. The van der Waals surface area contributed by atoms with Crippen LogP contribution in [0.5, 0.6) is 11.8 Å². The SMILES string of the molecule is COCOc1cc(-c2nc(SC)c3c(N4CCCOCC4)nc(OC[C@@]45CCCN4C[C@H](F)C5)nc3c2F)c2c(C#C[Si](C(C)C)(C(C)C)C(C)C)c(Cl)ccc2c1. The molecule has 9 nitrogen and oxygen atoms in total.